The maximum absolute atomic E-state index is 12.6. The number of hydrogen-bond donors (Lipinski definition) is 1. The molecule has 6 nitrogen and oxygen atoms in total. The van der Waals surface area contributed by atoms with Crippen molar-refractivity contribution in [1.29, 1.82) is 0 Å². The Balaban J connectivity index is 1.72. The van der Waals surface area contributed by atoms with Crippen molar-refractivity contribution in [3.8, 4) is 11.6 Å². The van der Waals surface area contributed by atoms with E-state index in [1.165, 1.54) is 6.33 Å². The van der Waals surface area contributed by atoms with E-state index in [1.54, 1.807) is 0 Å². The Morgan fingerprint density at radius 3 is 2.47 bits per heavy atom. The van der Waals surface area contributed by atoms with Crippen LogP contribution in [0.1, 0.15) is 43.4 Å². The van der Waals surface area contributed by atoms with E-state index in [4.69, 9.17) is 9.47 Å². The van der Waals surface area contributed by atoms with Crippen molar-refractivity contribution in [1.82, 2.24) is 9.97 Å². The molecule has 1 aliphatic heterocycles. The molecule has 0 radical (unpaired) electrons. The Morgan fingerprint density at radius 2 is 1.69 bits per heavy atom. The molecule has 1 aromatic heterocycles. The highest BCUT2D eigenvalue weighted by atomic mass is 16.6. The number of aromatic nitrogens is 2. The van der Waals surface area contributed by atoms with E-state index >= 15 is 0 Å². The molecule has 1 N–H and O–H groups in total. The van der Waals surface area contributed by atoms with Gasteiger partial charge in [0.2, 0.25) is 5.88 Å². The van der Waals surface area contributed by atoms with E-state index in [9.17, 15) is 4.79 Å². The van der Waals surface area contributed by atoms with Crippen molar-refractivity contribution in [2.75, 3.05) is 5.32 Å². The summed E-state index contributed by atoms with van der Waals surface area (Å²) in [5.74, 6) is 1.30. The van der Waals surface area contributed by atoms with E-state index in [0.717, 1.165) is 27.6 Å². The number of fused-ring (bicyclic) bond motifs is 4. The third kappa shape index (κ3) is 3.64. The van der Waals surface area contributed by atoms with Crippen molar-refractivity contribution in [3.05, 3.63) is 89.7 Å². The van der Waals surface area contributed by atoms with Gasteiger partial charge in [-0.15, -0.1) is 0 Å². The van der Waals surface area contributed by atoms with Crippen LogP contribution in [0.2, 0.25) is 0 Å². The molecular formula is C26H23N3O3. The summed E-state index contributed by atoms with van der Waals surface area (Å²) in [6, 6.07) is 22.3. The van der Waals surface area contributed by atoms with Gasteiger partial charge >= 0.3 is 6.09 Å². The molecule has 6 heteroatoms. The first-order valence-corrected chi connectivity index (χ1v) is 10.5. The van der Waals surface area contributed by atoms with Crippen LogP contribution in [0.3, 0.4) is 0 Å². The molecule has 1 unspecified atom stereocenters. The smallest absolute Gasteiger partial charge is 0.413 e. The largest absolute Gasteiger partial charge is 0.444 e. The highest BCUT2D eigenvalue weighted by molar-refractivity contribution is 5.92. The van der Waals surface area contributed by atoms with Crippen molar-refractivity contribution in [2.45, 2.75) is 32.3 Å². The van der Waals surface area contributed by atoms with Gasteiger partial charge in [0, 0.05) is 11.5 Å². The Bertz CT molecular complexity index is 1310. The number of nitrogens with one attached hydrogen (secondary N) is 1. The van der Waals surface area contributed by atoms with Crippen molar-refractivity contribution < 1.29 is 14.3 Å². The monoisotopic (exact) mass is 425 g/mol. The molecule has 0 bridgehead atoms. The number of nitrogens with zero attached hydrogens (tertiary/aromatic N) is 2. The summed E-state index contributed by atoms with van der Waals surface area (Å²) in [5, 5.41) is 5.00. The molecule has 0 saturated carbocycles. The average molecular weight is 425 g/mol. The molecule has 2 heterocycles. The van der Waals surface area contributed by atoms with Gasteiger partial charge in [0.25, 0.3) is 0 Å². The van der Waals surface area contributed by atoms with Gasteiger partial charge in [-0.25, -0.2) is 14.8 Å². The van der Waals surface area contributed by atoms with Crippen LogP contribution in [0.4, 0.5) is 10.6 Å². The van der Waals surface area contributed by atoms with Gasteiger partial charge in [-0.1, -0.05) is 60.7 Å². The van der Waals surface area contributed by atoms with Gasteiger partial charge in [-0.3, -0.25) is 5.32 Å². The number of ether oxygens (including phenoxy) is 2. The number of rotatable bonds is 2. The van der Waals surface area contributed by atoms with Crippen LogP contribution >= 0.6 is 0 Å². The van der Waals surface area contributed by atoms with E-state index in [2.05, 4.69) is 39.6 Å². The number of hydrogen-bond acceptors (Lipinski definition) is 5. The topological polar surface area (TPSA) is 73.3 Å². The van der Waals surface area contributed by atoms with Gasteiger partial charge in [0.15, 0.2) is 0 Å². The average Bonchev–Trinajstić information content (AvgIpc) is 2.77. The van der Waals surface area contributed by atoms with E-state index in [-0.39, 0.29) is 5.92 Å². The molecular weight excluding hydrogens is 402 g/mol. The summed E-state index contributed by atoms with van der Waals surface area (Å²) in [5.41, 5.74) is 2.14. The Morgan fingerprint density at radius 1 is 0.938 bits per heavy atom. The molecule has 5 rings (SSSR count). The van der Waals surface area contributed by atoms with E-state index in [1.807, 2.05) is 63.2 Å². The van der Waals surface area contributed by atoms with Crippen molar-refractivity contribution in [3.63, 3.8) is 0 Å². The number of carbonyl (C=O) groups is 1. The lowest BCUT2D eigenvalue weighted by Gasteiger charge is -2.30. The summed E-state index contributed by atoms with van der Waals surface area (Å²) in [7, 11) is 0. The van der Waals surface area contributed by atoms with Gasteiger partial charge in [-0.05, 0) is 43.2 Å². The lowest BCUT2D eigenvalue weighted by molar-refractivity contribution is 0.0635. The minimum absolute atomic E-state index is 0.229. The Labute approximate surface area is 186 Å². The van der Waals surface area contributed by atoms with Gasteiger partial charge in [-0.2, -0.15) is 0 Å². The fraction of sp³-hybridized carbons (Fsp3) is 0.192. The first-order valence-electron chi connectivity index (χ1n) is 10.5. The van der Waals surface area contributed by atoms with E-state index < -0.39 is 11.7 Å². The third-order valence-corrected chi connectivity index (χ3v) is 5.31. The fourth-order valence-corrected chi connectivity index (χ4v) is 4.11. The zero-order valence-corrected chi connectivity index (χ0v) is 18.1. The van der Waals surface area contributed by atoms with E-state index in [0.29, 0.717) is 17.3 Å². The molecule has 0 spiro atoms. The summed E-state index contributed by atoms with van der Waals surface area (Å²) >= 11 is 0. The van der Waals surface area contributed by atoms with Crippen molar-refractivity contribution >= 4 is 22.7 Å². The quantitative estimate of drug-likeness (QED) is 0.361. The number of anilines is 1. The zero-order chi connectivity index (χ0) is 22.3. The number of carbonyl (C=O) groups excluding carboxylic acids is 1. The number of amides is 1. The van der Waals surface area contributed by atoms with Gasteiger partial charge in [0.05, 0.1) is 5.56 Å². The van der Waals surface area contributed by atoms with Crippen LogP contribution in [0, 0.1) is 0 Å². The van der Waals surface area contributed by atoms with Crippen LogP contribution in [0.25, 0.3) is 10.8 Å². The second-order valence-corrected chi connectivity index (χ2v) is 8.71. The molecule has 32 heavy (non-hydrogen) atoms. The zero-order valence-electron chi connectivity index (χ0n) is 18.1. The normalized spacial score (nSPS) is 14.8. The van der Waals surface area contributed by atoms with Crippen LogP contribution in [-0.4, -0.2) is 21.7 Å². The van der Waals surface area contributed by atoms with Crippen LogP contribution in [0.5, 0.6) is 11.6 Å². The summed E-state index contributed by atoms with van der Waals surface area (Å²) in [6.45, 7) is 5.46. The molecule has 1 atom stereocenters. The van der Waals surface area contributed by atoms with Crippen molar-refractivity contribution in [2.24, 2.45) is 0 Å². The Hall–Kier alpha value is -3.93. The predicted octanol–water partition coefficient (Wildman–Crippen LogP) is 6.26. The predicted molar refractivity (Wildman–Crippen MR) is 123 cm³/mol. The maximum Gasteiger partial charge on any atom is 0.413 e. The molecule has 160 valence electrons. The lowest BCUT2D eigenvalue weighted by atomic mass is 9.81. The van der Waals surface area contributed by atoms with Crippen LogP contribution in [-0.2, 0) is 4.74 Å². The van der Waals surface area contributed by atoms with Gasteiger partial charge in [0.1, 0.15) is 23.5 Å². The highest BCUT2D eigenvalue weighted by Gasteiger charge is 2.35. The second-order valence-electron chi connectivity index (χ2n) is 8.71. The summed E-state index contributed by atoms with van der Waals surface area (Å²) in [4.78, 5) is 21.4. The minimum atomic E-state index is -0.630. The molecule has 0 saturated heterocycles. The molecule has 0 fully saturated rings. The number of benzene rings is 3. The standard InChI is InChI=1S/C26H23N3O3/c1-26(2,3)32-25(30)29-23-22-20(17-10-5-4-6-11-17)21-18-12-8-7-9-16(18)13-14-19(21)31-24(22)28-15-27-23/h4-15,20H,1-3H3,(H,27,28,29,30). The molecule has 4 aromatic rings. The first kappa shape index (κ1) is 20.0. The first-order chi connectivity index (χ1) is 15.4. The second kappa shape index (κ2) is 7.64. The lowest BCUT2D eigenvalue weighted by Crippen LogP contribution is -2.28. The molecule has 1 amide bonds. The third-order valence-electron chi connectivity index (χ3n) is 5.31. The summed E-state index contributed by atoms with van der Waals surface area (Å²) < 4.78 is 11.7. The minimum Gasteiger partial charge on any atom is -0.444 e. The van der Waals surface area contributed by atoms with Gasteiger partial charge < -0.3 is 9.47 Å². The van der Waals surface area contributed by atoms with Crippen LogP contribution in [0.15, 0.2) is 73.1 Å². The highest BCUT2D eigenvalue weighted by Crippen LogP contribution is 2.50. The molecule has 0 aliphatic carbocycles. The molecule has 1 aliphatic rings. The SMILES string of the molecule is CC(C)(C)OC(=O)Nc1ncnc2c1C(c1ccccc1)c1c(ccc3ccccc13)O2. The fourth-order valence-electron chi connectivity index (χ4n) is 4.11. The maximum atomic E-state index is 12.6. The molecule has 3 aromatic carbocycles. The van der Waals surface area contributed by atoms with Crippen LogP contribution < -0.4 is 10.1 Å². The summed E-state index contributed by atoms with van der Waals surface area (Å²) in [6.07, 6.45) is 0.813. The Kier molecular flexibility index (Phi) is 4.78.